The SMILES string of the molecule is SC(S)=C1c2ccccc2-c2sc3c(c21)C(=C(S)S)c1ccccc1-3. The third-order valence-electron chi connectivity index (χ3n) is 4.74. The fourth-order valence-electron chi connectivity index (χ4n) is 3.82. The maximum absolute atomic E-state index is 4.60. The van der Waals surface area contributed by atoms with Crippen molar-refractivity contribution in [3.8, 4) is 20.9 Å². The minimum absolute atomic E-state index is 0.738. The summed E-state index contributed by atoms with van der Waals surface area (Å²) in [7, 11) is 0. The molecule has 25 heavy (non-hydrogen) atoms. The zero-order chi connectivity index (χ0) is 17.3. The number of hydrogen-bond donors (Lipinski definition) is 4. The molecule has 5 rings (SSSR count). The Morgan fingerprint density at radius 1 is 0.560 bits per heavy atom. The van der Waals surface area contributed by atoms with Crippen molar-refractivity contribution in [2.45, 2.75) is 0 Å². The van der Waals surface area contributed by atoms with Gasteiger partial charge in [0.2, 0.25) is 0 Å². The lowest BCUT2D eigenvalue weighted by molar-refractivity contribution is 1.66. The van der Waals surface area contributed by atoms with Gasteiger partial charge in [-0.1, -0.05) is 48.5 Å². The van der Waals surface area contributed by atoms with Crippen molar-refractivity contribution in [2.24, 2.45) is 0 Å². The highest BCUT2D eigenvalue weighted by Gasteiger charge is 2.37. The van der Waals surface area contributed by atoms with Crippen molar-refractivity contribution in [1.82, 2.24) is 0 Å². The normalized spacial score (nSPS) is 13.4. The van der Waals surface area contributed by atoms with Gasteiger partial charge in [-0.25, -0.2) is 0 Å². The van der Waals surface area contributed by atoms with Gasteiger partial charge in [0.1, 0.15) is 0 Å². The maximum Gasteiger partial charge on any atom is 0.0441 e. The minimum atomic E-state index is 0.738. The molecule has 0 aliphatic heterocycles. The summed E-state index contributed by atoms with van der Waals surface area (Å²) in [5.41, 5.74) is 9.53. The smallest absolute Gasteiger partial charge is 0.0441 e. The summed E-state index contributed by atoms with van der Waals surface area (Å²) in [5.74, 6) is 0. The molecule has 2 aromatic carbocycles. The second-order valence-electron chi connectivity index (χ2n) is 6.00. The number of thiophene rings is 1. The first-order chi connectivity index (χ1) is 12.1. The molecule has 0 nitrogen and oxygen atoms in total. The Bertz CT molecular complexity index is 1030. The molecule has 0 atom stereocenters. The fourth-order valence-corrected chi connectivity index (χ4v) is 6.14. The van der Waals surface area contributed by atoms with Gasteiger partial charge >= 0.3 is 0 Å². The Balaban J connectivity index is 1.95. The summed E-state index contributed by atoms with van der Waals surface area (Å²) < 4.78 is 1.48. The van der Waals surface area contributed by atoms with Crippen molar-refractivity contribution in [1.29, 1.82) is 0 Å². The molecule has 0 unspecified atom stereocenters. The Hall–Kier alpha value is -0.980. The quantitative estimate of drug-likeness (QED) is 0.196. The molecule has 0 bridgehead atoms. The molecular weight excluding hydrogens is 401 g/mol. The number of fused-ring (bicyclic) bond motifs is 7. The Morgan fingerprint density at radius 3 is 1.28 bits per heavy atom. The van der Waals surface area contributed by atoms with Crippen molar-refractivity contribution in [2.75, 3.05) is 0 Å². The standard InChI is InChI=1S/C20H12S5/c21-19(22)13-9-5-1-3-7-11(9)17-15(13)16-14(20(23)24)10-6-2-4-8-12(10)18(16)25-17/h1-8,21-24H. The highest BCUT2D eigenvalue weighted by Crippen LogP contribution is 2.61. The minimum Gasteiger partial charge on any atom is -0.136 e. The van der Waals surface area contributed by atoms with E-state index in [4.69, 9.17) is 0 Å². The maximum atomic E-state index is 4.60. The largest absolute Gasteiger partial charge is 0.136 e. The van der Waals surface area contributed by atoms with Gasteiger partial charge in [0.25, 0.3) is 0 Å². The molecule has 3 aromatic rings. The van der Waals surface area contributed by atoms with E-state index in [-0.39, 0.29) is 0 Å². The molecule has 1 aromatic heterocycles. The van der Waals surface area contributed by atoms with Gasteiger partial charge in [-0.2, -0.15) is 0 Å². The van der Waals surface area contributed by atoms with E-state index in [1.54, 1.807) is 0 Å². The zero-order valence-corrected chi connectivity index (χ0v) is 17.2. The van der Waals surface area contributed by atoms with E-state index in [1.807, 2.05) is 11.3 Å². The van der Waals surface area contributed by atoms with Crippen LogP contribution in [0.1, 0.15) is 22.3 Å². The molecule has 5 heteroatoms. The van der Waals surface area contributed by atoms with Gasteiger partial charge < -0.3 is 0 Å². The average Bonchev–Trinajstić information content (AvgIpc) is 3.20. The number of hydrogen-bond acceptors (Lipinski definition) is 5. The number of rotatable bonds is 0. The molecule has 0 saturated carbocycles. The fraction of sp³-hybridized carbons (Fsp3) is 0. The van der Waals surface area contributed by atoms with Gasteiger partial charge in [0.05, 0.1) is 0 Å². The zero-order valence-electron chi connectivity index (χ0n) is 12.8. The topological polar surface area (TPSA) is 0 Å². The number of benzene rings is 2. The van der Waals surface area contributed by atoms with Crippen LogP contribution in [0.5, 0.6) is 0 Å². The second-order valence-corrected chi connectivity index (χ2v) is 9.51. The average molecular weight is 413 g/mol. The second kappa shape index (κ2) is 5.76. The molecular formula is C20H12S5. The third-order valence-corrected chi connectivity index (χ3v) is 6.89. The van der Waals surface area contributed by atoms with E-state index in [0.29, 0.717) is 0 Å². The van der Waals surface area contributed by atoms with Crippen LogP contribution in [0, 0.1) is 0 Å². The summed E-state index contributed by atoms with van der Waals surface area (Å²) in [4.78, 5) is 2.57. The predicted molar refractivity (Wildman–Crippen MR) is 123 cm³/mol. The van der Waals surface area contributed by atoms with E-state index in [1.165, 1.54) is 43.1 Å². The first-order valence-corrected chi connectivity index (χ1v) is 10.3. The van der Waals surface area contributed by atoms with Crippen molar-refractivity contribution < 1.29 is 0 Å². The van der Waals surface area contributed by atoms with Crippen molar-refractivity contribution >= 4 is 73.0 Å². The highest BCUT2D eigenvalue weighted by atomic mass is 32.2. The first kappa shape index (κ1) is 16.2. The lowest BCUT2D eigenvalue weighted by Crippen LogP contribution is -1.88. The van der Waals surface area contributed by atoms with Crippen molar-refractivity contribution in [3.05, 3.63) is 79.3 Å². The summed E-state index contributed by atoms with van der Waals surface area (Å²) in [6.45, 7) is 0. The van der Waals surface area contributed by atoms with E-state index in [0.717, 1.165) is 19.6 Å². The van der Waals surface area contributed by atoms with Crippen LogP contribution in [-0.2, 0) is 0 Å². The van der Waals surface area contributed by atoms with Crippen LogP contribution < -0.4 is 0 Å². The molecule has 0 amide bonds. The molecule has 0 N–H and O–H groups in total. The van der Waals surface area contributed by atoms with Gasteiger partial charge in [-0.05, 0) is 11.1 Å². The van der Waals surface area contributed by atoms with E-state index < -0.39 is 0 Å². The van der Waals surface area contributed by atoms with Crippen LogP contribution in [0.15, 0.2) is 57.0 Å². The molecule has 0 spiro atoms. The van der Waals surface area contributed by atoms with Gasteiger partial charge in [-0.15, -0.1) is 61.9 Å². The summed E-state index contributed by atoms with van der Waals surface area (Å²) in [5, 5.41) is 0. The highest BCUT2D eigenvalue weighted by molar-refractivity contribution is 8.05. The van der Waals surface area contributed by atoms with E-state index in [2.05, 4.69) is 99.0 Å². The van der Waals surface area contributed by atoms with Gasteiger partial charge in [0, 0.05) is 51.6 Å². The van der Waals surface area contributed by atoms with E-state index >= 15 is 0 Å². The molecule has 2 aliphatic rings. The monoisotopic (exact) mass is 412 g/mol. The summed E-state index contributed by atoms with van der Waals surface area (Å²) in [6, 6.07) is 16.9. The third kappa shape index (κ3) is 2.14. The summed E-state index contributed by atoms with van der Waals surface area (Å²) in [6.07, 6.45) is 0. The lowest BCUT2D eigenvalue weighted by Gasteiger charge is -2.09. The molecule has 2 aliphatic carbocycles. The Kier molecular flexibility index (Phi) is 3.74. The van der Waals surface area contributed by atoms with Gasteiger partial charge in [-0.3, -0.25) is 0 Å². The van der Waals surface area contributed by atoms with Crippen LogP contribution in [0.25, 0.3) is 32.0 Å². The lowest BCUT2D eigenvalue weighted by atomic mass is 9.99. The number of thiol groups is 4. The first-order valence-electron chi connectivity index (χ1n) is 7.71. The van der Waals surface area contributed by atoms with Crippen LogP contribution >= 0.6 is 61.9 Å². The van der Waals surface area contributed by atoms with Gasteiger partial charge in [0.15, 0.2) is 0 Å². The van der Waals surface area contributed by atoms with Crippen LogP contribution in [0.3, 0.4) is 0 Å². The Labute approximate surface area is 172 Å². The van der Waals surface area contributed by atoms with Crippen LogP contribution in [0.2, 0.25) is 0 Å². The molecule has 1 heterocycles. The van der Waals surface area contributed by atoms with Crippen LogP contribution in [-0.4, -0.2) is 0 Å². The van der Waals surface area contributed by atoms with Crippen molar-refractivity contribution in [3.63, 3.8) is 0 Å². The predicted octanol–water partition coefficient (Wildman–Crippen LogP) is 6.86. The molecule has 0 fully saturated rings. The Morgan fingerprint density at radius 2 is 0.920 bits per heavy atom. The van der Waals surface area contributed by atoms with E-state index in [9.17, 15) is 0 Å². The molecule has 0 radical (unpaired) electrons. The molecule has 122 valence electrons. The molecule has 0 saturated heterocycles. The van der Waals surface area contributed by atoms with Crippen LogP contribution in [0.4, 0.5) is 0 Å². The summed E-state index contributed by atoms with van der Waals surface area (Å²) >= 11 is 20.2.